The average Bonchev–Trinajstić information content (AvgIpc) is 2.78. The number of hydrogen-bond acceptors (Lipinski definition) is 1. The fraction of sp³-hybridized carbons (Fsp3) is 0.889. The second-order valence-corrected chi connectivity index (χ2v) is 3.80. The molecule has 2 amide bonds. The van der Waals surface area contributed by atoms with Crippen molar-refractivity contribution in [1.29, 1.82) is 0 Å². The van der Waals surface area contributed by atoms with Gasteiger partial charge in [0.05, 0.1) is 0 Å². The van der Waals surface area contributed by atoms with E-state index in [1.807, 2.05) is 4.90 Å². The van der Waals surface area contributed by atoms with E-state index in [1.165, 1.54) is 25.7 Å². The van der Waals surface area contributed by atoms with E-state index in [0.717, 1.165) is 25.6 Å². The van der Waals surface area contributed by atoms with E-state index >= 15 is 0 Å². The summed E-state index contributed by atoms with van der Waals surface area (Å²) in [7, 11) is 0. The van der Waals surface area contributed by atoms with Gasteiger partial charge >= 0.3 is 6.03 Å². The van der Waals surface area contributed by atoms with E-state index in [-0.39, 0.29) is 6.03 Å². The predicted octanol–water partition coefficient (Wildman–Crippen LogP) is 1.20. The van der Waals surface area contributed by atoms with Gasteiger partial charge in [-0.1, -0.05) is 12.8 Å². The zero-order valence-electron chi connectivity index (χ0n) is 7.38. The van der Waals surface area contributed by atoms with Crippen molar-refractivity contribution in [2.75, 3.05) is 19.6 Å². The molecule has 1 N–H and O–H groups in total. The van der Waals surface area contributed by atoms with Gasteiger partial charge in [0.1, 0.15) is 0 Å². The lowest BCUT2D eigenvalue weighted by molar-refractivity contribution is 0.216. The lowest BCUT2D eigenvalue weighted by Crippen LogP contribution is -2.28. The van der Waals surface area contributed by atoms with Crippen molar-refractivity contribution in [2.24, 2.45) is 5.92 Å². The summed E-state index contributed by atoms with van der Waals surface area (Å²) < 4.78 is 0. The number of urea groups is 1. The maximum absolute atomic E-state index is 11.1. The summed E-state index contributed by atoms with van der Waals surface area (Å²) in [5, 5.41) is 2.81. The molecule has 3 nitrogen and oxygen atoms in total. The Morgan fingerprint density at radius 1 is 1.50 bits per heavy atom. The van der Waals surface area contributed by atoms with Crippen molar-refractivity contribution < 1.29 is 4.79 Å². The molecule has 1 aliphatic carbocycles. The molecule has 0 aromatic heterocycles. The van der Waals surface area contributed by atoms with Crippen molar-refractivity contribution in [3.63, 3.8) is 0 Å². The Morgan fingerprint density at radius 3 is 2.92 bits per heavy atom. The first-order chi connectivity index (χ1) is 5.86. The minimum absolute atomic E-state index is 0.130. The van der Waals surface area contributed by atoms with Crippen LogP contribution in [0.3, 0.4) is 0 Å². The number of rotatable bonds is 4. The monoisotopic (exact) mass is 168 g/mol. The predicted molar refractivity (Wildman–Crippen MR) is 46.9 cm³/mol. The molecule has 3 heteroatoms. The Kier molecular flexibility index (Phi) is 2.19. The molecular weight excluding hydrogens is 152 g/mol. The van der Waals surface area contributed by atoms with Crippen molar-refractivity contribution in [3.8, 4) is 0 Å². The number of nitrogens with one attached hydrogen (secondary N) is 1. The third-order valence-electron chi connectivity index (χ3n) is 2.68. The molecule has 68 valence electrons. The smallest absolute Gasteiger partial charge is 0.317 e. The fourth-order valence-corrected chi connectivity index (χ4v) is 1.70. The minimum Gasteiger partial charge on any atom is -0.336 e. The number of nitrogens with zero attached hydrogens (tertiary/aromatic N) is 1. The standard InChI is InChI=1S/C9H16N2O/c12-9-10-5-7-11(9)6-1-2-8-3-4-8/h8H,1-7H2,(H,10,12). The lowest BCUT2D eigenvalue weighted by atomic mass is 10.2. The van der Waals surface area contributed by atoms with E-state index in [1.54, 1.807) is 0 Å². The van der Waals surface area contributed by atoms with Crippen molar-refractivity contribution >= 4 is 6.03 Å². The van der Waals surface area contributed by atoms with Crippen LogP contribution in [-0.2, 0) is 0 Å². The van der Waals surface area contributed by atoms with Crippen molar-refractivity contribution in [2.45, 2.75) is 25.7 Å². The first kappa shape index (κ1) is 7.90. The Hall–Kier alpha value is -0.730. The maximum atomic E-state index is 11.1. The van der Waals surface area contributed by atoms with Crippen molar-refractivity contribution in [1.82, 2.24) is 10.2 Å². The molecule has 2 aliphatic rings. The normalized spacial score (nSPS) is 23.0. The zero-order chi connectivity index (χ0) is 8.39. The van der Waals surface area contributed by atoms with Gasteiger partial charge in [-0.3, -0.25) is 0 Å². The summed E-state index contributed by atoms with van der Waals surface area (Å²) in [5.41, 5.74) is 0. The molecule has 1 saturated heterocycles. The number of hydrogen-bond donors (Lipinski definition) is 1. The molecule has 12 heavy (non-hydrogen) atoms. The third-order valence-corrected chi connectivity index (χ3v) is 2.68. The summed E-state index contributed by atoms with van der Waals surface area (Å²) in [6.45, 7) is 2.70. The molecule has 0 aromatic rings. The molecule has 0 atom stereocenters. The number of carbonyl (C=O) groups excluding carboxylic acids is 1. The summed E-state index contributed by atoms with van der Waals surface area (Å²) >= 11 is 0. The molecule has 2 rings (SSSR count). The van der Waals surface area contributed by atoms with Gasteiger partial charge in [0.15, 0.2) is 0 Å². The van der Waals surface area contributed by atoms with Crippen LogP contribution in [-0.4, -0.2) is 30.6 Å². The van der Waals surface area contributed by atoms with Crippen LogP contribution in [0.1, 0.15) is 25.7 Å². The second-order valence-electron chi connectivity index (χ2n) is 3.80. The van der Waals surface area contributed by atoms with E-state index in [2.05, 4.69) is 5.32 Å². The molecule has 1 heterocycles. The fourth-order valence-electron chi connectivity index (χ4n) is 1.70. The zero-order valence-corrected chi connectivity index (χ0v) is 7.38. The van der Waals surface area contributed by atoms with Crippen LogP contribution >= 0.6 is 0 Å². The molecule has 0 spiro atoms. The van der Waals surface area contributed by atoms with E-state index in [0.29, 0.717) is 0 Å². The van der Waals surface area contributed by atoms with Gasteiger partial charge in [0.25, 0.3) is 0 Å². The number of carbonyl (C=O) groups is 1. The Balaban J connectivity index is 1.61. The molecule has 2 fully saturated rings. The molecule has 0 aromatic carbocycles. The Morgan fingerprint density at radius 2 is 2.33 bits per heavy atom. The van der Waals surface area contributed by atoms with Gasteiger partial charge < -0.3 is 10.2 Å². The van der Waals surface area contributed by atoms with Gasteiger partial charge in [-0.05, 0) is 18.8 Å². The van der Waals surface area contributed by atoms with Crippen LogP contribution in [0.25, 0.3) is 0 Å². The van der Waals surface area contributed by atoms with Gasteiger partial charge in [-0.25, -0.2) is 4.79 Å². The minimum atomic E-state index is 0.130. The van der Waals surface area contributed by atoms with Gasteiger partial charge in [0, 0.05) is 19.6 Å². The van der Waals surface area contributed by atoms with Crippen LogP contribution in [0, 0.1) is 5.92 Å². The molecular formula is C9H16N2O. The number of amides is 2. The van der Waals surface area contributed by atoms with Crippen LogP contribution in [0.2, 0.25) is 0 Å². The van der Waals surface area contributed by atoms with Crippen LogP contribution < -0.4 is 5.32 Å². The van der Waals surface area contributed by atoms with Crippen molar-refractivity contribution in [3.05, 3.63) is 0 Å². The molecule has 1 saturated carbocycles. The third kappa shape index (κ3) is 1.90. The van der Waals surface area contributed by atoms with E-state index in [9.17, 15) is 4.79 Å². The largest absolute Gasteiger partial charge is 0.336 e. The highest BCUT2D eigenvalue weighted by molar-refractivity contribution is 5.76. The highest BCUT2D eigenvalue weighted by Crippen LogP contribution is 2.33. The molecule has 0 unspecified atom stereocenters. The highest BCUT2D eigenvalue weighted by Gasteiger charge is 2.22. The quantitative estimate of drug-likeness (QED) is 0.672. The lowest BCUT2D eigenvalue weighted by Gasteiger charge is -2.12. The highest BCUT2D eigenvalue weighted by atomic mass is 16.2. The molecule has 0 bridgehead atoms. The van der Waals surface area contributed by atoms with E-state index in [4.69, 9.17) is 0 Å². The average molecular weight is 168 g/mol. The van der Waals surface area contributed by atoms with Gasteiger partial charge in [-0.15, -0.1) is 0 Å². The second kappa shape index (κ2) is 3.33. The first-order valence-electron chi connectivity index (χ1n) is 4.89. The summed E-state index contributed by atoms with van der Waals surface area (Å²) in [6.07, 6.45) is 5.36. The summed E-state index contributed by atoms with van der Waals surface area (Å²) in [5.74, 6) is 0.996. The summed E-state index contributed by atoms with van der Waals surface area (Å²) in [6, 6.07) is 0.130. The first-order valence-corrected chi connectivity index (χ1v) is 4.89. The van der Waals surface area contributed by atoms with Gasteiger partial charge in [-0.2, -0.15) is 0 Å². The SMILES string of the molecule is O=C1NCCN1CCCC1CC1. The topological polar surface area (TPSA) is 32.3 Å². The van der Waals surface area contributed by atoms with Gasteiger partial charge in [0.2, 0.25) is 0 Å². The summed E-state index contributed by atoms with van der Waals surface area (Å²) in [4.78, 5) is 13.0. The Labute approximate surface area is 73.1 Å². The maximum Gasteiger partial charge on any atom is 0.317 e. The van der Waals surface area contributed by atoms with E-state index < -0.39 is 0 Å². The molecule has 1 aliphatic heterocycles. The van der Waals surface area contributed by atoms with Crippen LogP contribution in [0.5, 0.6) is 0 Å². The Bertz CT molecular complexity index is 177. The van der Waals surface area contributed by atoms with Crippen LogP contribution in [0.15, 0.2) is 0 Å². The van der Waals surface area contributed by atoms with Crippen LogP contribution in [0.4, 0.5) is 4.79 Å². The molecule has 0 radical (unpaired) electrons.